The smallest absolute Gasteiger partial charge is 0.225 e. The number of anilines is 3. The molecule has 0 unspecified atom stereocenters. The molecule has 3 aromatic rings. The molecule has 0 aliphatic carbocycles. The number of aromatic nitrogens is 2. The monoisotopic (exact) mass is 336 g/mol. The van der Waals surface area contributed by atoms with Crippen LogP contribution in [-0.4, -0.2) is 15.5 Å². The minimum atomic E-state index is -0.326. The molecule has 0 spiro atoms. The van der Waals surface area contributed by atoms with Gasteiger partial charge in [-0.05, 0) is 32.9 Å². The fraction of sp³-hybridized carbons (Fsp3) is 0.200. The summed E-state index contributed by atoms with van der Waals surface area (Å²) in [5.41, 5.74) is 1.92. The van der Waals surface area contributed by atoms with Crippen LogP contribution in [0.5, 0.6) is 0 Å². The Labute approximate surface area is 147 Å². The molecule has 3 rings (SSSR count). The number of hydrogen-bond acceptors (Lipinski definition) is 4. The second-order valence-electron chi connectivity index (χ2n) is 6.81. The van der Waals surface area contributed by atoms with Crippen molar-refractivity contribution in [3.8, 4) is 11.3 Å². The van der Waals surface area contributed by atoms with E-state index < -0.39 is 0 Å². The molecule has 4 nitrogen and oxygen atoms in total. The molecule has 0 saturated carbocycles. The van der Waals surface area contributed by atoms with Crippen LogP contribution in [0.25, 0.3) is 11.3 Å². The van der Waals surface area contributed by atoms with Gasteiger partial charge < -0.3 is 10.6 Å². The van der Waals surface area contributed by atoms with E-state index in [2.05, 4.69) is 20.6 Å². The summed E-state index contributed by atoms with van der Waals surface area (Å²) in [5.74, 6) is 0.700. The first-order valence-corrected chi connectivity index (χ1v) is 8.15. The third kappa shape index (κ3) is 4.53. The number of rotatable bonds is 4. The Bertz CT molecular complexity index is 857. The van der Waals surface area contributed by atoms with Crippen molar-refractivity contribution in [1.29, 1.82) is 0 Å². The number of nitrogens with zero attached hydrogens (tertiary/aromatic N) is 2. The highest BCUT2D eigenvalue weighted by atomic mass is 19.1. The number of hydrogen-bond donors (Lipinski definition) is 2. The molecule has 0 saturated heterocycles. The quantitative estimate of drug-likeness (QED) is 0.684. The van der Waals surface area contributed by atoms with Gasteiger partial charge in [-0.1, -0.05) is 42.5 Å². The van der Waals surface area contributed by atoms with Crippen molar-refractivity contribution in [3.05, 3.63) is 66.5 Å². The van der Waals surface area contributed by atoms with E-state index in [1.54, 1.807) is 18.2 Å². The van der Waals surface area contributed by atoms with Gasteiger partial charge >= 0.3 is 0 Å². The Hall–Kier alpha value is -2.95. The third-order valence-electron chi connectivity index (χ3n) is 3.42. The van der Waals surface area contributed by atoms with E-state index in [9.17, 15) is 4.39 Å². The predicted molar refractivity (Wildman–Crippen MR) is 101 cm³/mol. The lowest BCUT2D eigenvalue weighted by molar-refractivity contribution is 0.625. The maximum Gasteiger partial charge on any atom is 0.225 e. The van der Waals surface area contributed by atoms with Crippen LogP contribution in [0, 0.1) is 5.82 Å². The van der Waals surface area contributed by atoms with Crippen LogP contribution in [-0.2, 0) is 0 Å². The van der Waals surface area contributed by atoms with Gasteiger partial charge in [0.2, 0.25) is 5.95 Å². The molecule has 0 amide bonds. The van der Waals surface area contributed by atoms with Crippen LogP contribution in [0.2, 0.25) is 0 Å². The Balaban J connectivity index is 2.02. The summed E-state index contributed by atoms with van der Waals surface area (Å²) in [5, 5.41) is 6.32. The lowest BCUT2D eigenvalue weighted by Gasteiger charge is -2.21. The van der Waals surface area contributed by atoms with Gasteiger partial charge in [0.25, 0.3) is 0 Å². The van der Waals surface area contributed by atoms with Crippen molar-refractivity contribution >= 4 is 17.5 Å². The van der Waals surface area contributed by atoms with Crippen LogP contribution in [0.1, 0.15) is 20.8 Å². The van der Waals surface area contributed by atoms with E-state index in [-0.39, 0.29) is 11.4 Å². The third-order valence-corrected chi connectivity index (χ3v) is 3.42. The number of para-hydroxylation sites is 1. The first kappa shape index (κ1) is 16.9. The lowest BCUT2D eigenvalue weighted by Crippen LogP contribution is -2.27. The highest BCUT2D eigenvalue weighted by Gasteiger charge is 2.14. The van der Waals surface area contributed by atoms with Crippen molar-refractivity contribution in [1.82, 2.24) is 9.97 Å². The predicted octanol–water partition coefficient (Wildman–Crippen LogP) is 5.24. The van der Waals surface area contributed by atoms with Crippen LogP contribution in [0.3, 0.4) is 0 Å². The summed E-state index contributed by atoms with van der Waals surface area (Å²) in [4.78, 5) is 9.08. The van der Waals surface area contributed by atoms with Gasteiger partial charge in [-0.25, -0.2) is 9.37 Å². The summed E-state index contributed by atoms with van der Waals surface area (Å²) in [6.45, 7) is 6.11. The van der Waals surface area contributed by atoms with Crippen molar-refractivity contribution in [2.45, 2.75) is 26.3 Å². The number of nitrogens with one attached hydrogen (secondary N) is 2. The van der Waals surface area contributed by atoms with Crippen LogP contribution < -0.4 is 10.6 Å². The van der Waals surface area contributed by atoms with E-state index >= 15 is 0 Å². The maximum absolute atomic E-state index is 13.9. The van der Waals surface area contributed by atoms with Gasteiger partial charge in [-0.15, -0.1) is 0 Å². The fourth-order valence-corrected chi connectivity index (χ4v) is 2.36. The molecule has 0 aliphatic rings. The number of benzene rings is 2. The SMILES string of the molecule is CC(C)(C)Nc1nc(Nc2ccccc2F)cc(-c2ccccc2)n1. The molecule has 25 heavy (non-hydrogen) atoms. The van der Waals surface area contributed by atoms with E-state index in [0.717, 1.165) is 11.3 Å². The van der Waals surface area contributed by atoms with Gasteiger partial charge in [-0.2, -0.15) is 4.98 Å². The Morgan fingerprint density at radius 2 is 1.56 bits per heavy atom. The molecule has 0 radical (unpaired) electrons. The van der Waals surface area contributed by atoms with E-state index in [4.69, 9.17) is 0 Å². The van der Waals surface area contributed by atoms with Gasteiger partial charge in [0, 0.05) is 17.2 Å². The molecule has 0 atom stereocenters. The normalized spacial score (nSPS) is 11.2. The highest BCUT2D eigenvalue weighted by molar-refractivity contribution is 5.67. The molecular weight excluding hydrogens is 315 g/mol. The molecule has 2 aromatic carbocycles. The van der Waals surface area contributed by atoms with Crippen LogP contribution >= 0.6 is 0 Å². The van der Waals surface area contributed by atoms with E-state index in [1.807, 2.05) is 57.2 Å². The minimum Gasteiger partial charge on any atom is -0.350 e. The minimum absolute atomic E-state index is 0.190. The Morgan fingerprint density at radius 3 is 2.24 bits per heavy atom. The molecule has 1 heterocycles. The fourth-order valence-electron chi connectivity index (χ4n) is 2.36. The Morgan fingerprint density at radius 1 is 0.880 bits per heavy atom. The summed E-state index contributed by atoms with van der Waals surface area (Å²) in [6, 6.07) is 18.2. The van der Waals surface area contributed by atoms with Crippen molar-refractivity contribution < 1.29 is 4.39 Å². The van der Waals surface area contributed by atoms with E-state index in [1.165, 1.54) is 6.07 Å². The topological polar surface area (TPSA) is 49.8 Å². The second-order valence-corrected chi connectivity index (χ2v) is 6.81. The zero-order valence-corrected chi connectivity index (χ0v) is 14.5. The number of halogens is 1. The zero-order valence-electron chi connectivity index (χ0n) is 14.5. The lowest BCUT2D eigenvalue weighted by atomic mass is 10.1. The average Bonchev–Trinajstić information content (AvgIpc) is 2.56. The summed E-state index contributed by atoms with van der Waals surface area (Å²) >= 11 is 0. The summed E-state index contributed by atoms with van der Waals surface area (Å²) in [7, 11) is 0. The second kappa shape index (κ2) is 6.89. The molecular formula is C20H21FN4. The molecule has 0 bridgehead atoms. The van der Waals surface area contributed by atoms with E-state index in [0.29, 0.717) is 17.5 Å². The van der Waals surface area contributed by atoms with Crippen LogP contribution in [0.15, 0.2) is 60.7 Å². The van der Waals surface area contributed by atoms with Crippen molar-refractivity contribution in [2.75, 3.05) is 10.6 Å². The van der Waals surface area contributed by atoms with Gasteiger partial charge in [-0.3, -0.25) is 0 Å². The first-order valence-electron chi connectivity index (χ1n) is 8.15. The summed E-state index contributed by atoms with van der Waals surface area (Å²) in [6.07, 6.45) is 0. The largest absolute Gasteiger partial charge is 0.350 e. The molecule has 2 N–H and O–H groups in total. The molecule has 0 fully saturated rings. The molecule has 0 aliphatic heterocycles. The summed E-state index contributed by atoms with van der Waals surface area (Å²) < 4.78 is 13.9. The van der Waals surface area contributed by atoms with Crippen molar-refractivity contribution in [2.24, 2.45) is 0 Å². The van der Waals surface area contributed by atoms with Gasteiger partial charge in [0.15, 0.2) is 0 Å². The molecule has 128 valence electrons. The van der Waals surface area contributed by atoms with Gasteiger partial charge in [0.05, 0.1) is 11.4 Å². The standard InChI is InChI=1S/C20H21FN4/c1-20(2,3)25-19-23-17(14-9-5-4-6-10-14)13-18(24-19)22-16-12-8-7-11-15(16)21/h4-13H,1-3H3,(H2,22,23,24,25). The van der Waals surface area contributed by atoms with Gasteiger partial charge in [0.1, 0.15) is 11.6 Å². The maximum atomic E-state index is 13.9. The highest BCUT2D eigenvalue weighted by Crippen LogP contribution is 2.25. The Kier molecular flexibility index (Phi) is 4.65. The first-order chi connectivity index (χ1) is 11.9. The molecule has 5 heteroatoms. The molecule has 1 aromatic heterocycles. The van der Waals surface area contributed by atoms with Crippen molar-refractivity contribution in [3.63, 3.8) is 0 Å². The van der Waals surface area contributed by atoms with Crippen LogP contribution in [0.4, 0.5) is 21.8 Å². The average molecular weight is 336 g/mol. The zero-order chi connectivity index (χ0) is 17.9.